The van der Waals surface area contributed by atoms with E-state index in [0.717, 1.165) is 0 Å². The molecular formula is C14H16As2O4. The fraction of sp³-hybridized carbons (Fsp3) is 0.143. The van der Waals surface area contributed by atoms with Crippen LogP contribution in [0.1, 0.15) is 0 Å². The summed E-state index contributed by atoms with van der Waals surface area (Å²) in [4.78, 5) is 0. The van der Waals surface area contributed by atoms with E-state index in [0.29, 0.717) is 8.70 Å². The number of benzene rings is 2. The van der Waals surface area contributed by atoms with Crippen LogP contribution >= 0.6 is 0 Å². The third-order valence-electron chi connectivity index (χ3n) is 3.03. The molecule has 0 amide bonds. The van der Waals surface area contributed by atoms with Gasteiger partial charge in [0.15, 0.2) is 0 Å². The van der Waals surface area contributed by atoms with Crippen LogP contribution in [0, 0.1) is 0 Å². The molecule has 0 aliphatic heterocycles. The Balaban J connectivity index is 2.12. The molecule has 0 aliphatic carbocycles. The first-order valence-electron chi connectivity index (χ1n) is 6.17. The van der Waals surface area contributed by atoms with Gasteiger partial charge in [-0.2, -0.15) is 0 Å². The van der Waals surface area contributed by atoms with Gasteiger partial charge < -0.3 is 0 Å². The molecule has 0 aromatic heterocycles. The van der Waals surface area contributed by atoms with E-state index in [1.54, 1.807) is 60.7 Å². The van der Waals surface area contributed by atoms with Crippen LogP contribution in [-0.4, -0.2) is 35.9 Å². The van der Waals surface area contributed by atoms with Crippen molar-refractivity contribution in [2.45, 2.75) is 10.4 Å². The van der Waals surface area contributed by atoms with Gasteiger partial charge in [-0.05, 0) is 0 Å². The third kappa shape index (κ3) is 3.80. The van der Waals surface area contributed by atoms with Crippen LogP contribution in [0.25, 0.3) is 0 Å². The van der Waals surface area contributed by atoms with Gasteiger partial charge in [0.2, 0.25) is 0 Å². The molecule has 0 heterocycles. The molecule has 2 unspecified atom stereocenters. The van der Waals surface area contributed by atoms with Gasteiger partial charge in [-0.3, -0.25) is 0 Å². The van der Waals surface area contributed by atoms with Gasteiger partial charge in [0, 0.05) is 0 Å². The van der Waals surface area contributed by atoms with Crippen molar-refractivity contribution in [3.05, 3.63) is 60.7 Å². The SMILES string of the molecule is O=[As](O)(CC[As](=O)(O)c1ccccc1)c1ccccc1. The van der Waals surface area contributed by atoms with Crippen molar-refractivity contribution in [3.63, 3.8) is 0 Å². The van der Waals surface area contributed by atoms with Gasteiger partial charge in [0.25, 0.3) is 0 Å². The standard InChI is InChI=1S/C14H16As2O4/c17-15(18,13-7-3-1-4-8-13)11-12-16(19,20)14-9-5-2-6-10-14/h1-10H,11-12H2,(H,17,18)(H,19,20). The molecule has 6 heteroatoms. The van der Waals surface area contributed by atoms with Crippen molar-refractivity contribution in [1.82, 2.24) is 0 Å². The van der Waals surface area contributed by atoms with Crippen LogP contribution in [0.4, 0.5) is 0 Å². The first-order valence-corrected chi connectivity index (χ1v) is 13.9. The Bertz CT molecular complexity index is 596. The molecule has 4 nitrogen and oxygen atoms in total. The molecule has 0 saturated carbocycles. The van der Waals surface area contributed by atoms with Gasteiger partial charge in [-0.1, -0.05) is 0 Å². The van der Waals surface area contributed by atoms with Crippen molar-refractivity contribution in [3.8, 4) is 0 Å². The molecule has 2 atom stereocenters. The van der Waals surface area contributed by atoms with Crippen molar-refractivity contribution in [2.75, 3.05) is 0 Å². The Morgan fingerprint density at radius 2 is 0.950 bits per heavy atom. The Kier molecular flexibility index (Phi) is 4.82. The van der Waals surface area contributed by atoms with Crippen LogP contribution in [0.5, 0.6) is 0 Å². The summed E-state index contributed by atoms with van der Waals surface area (Å²) in [5.41, 5.74) is 0. The van der Waals surface area contributed by atoms with Crippen LogP contribution in [0.2, 0.25) is 10.4 Å². The van der Waals surface area contributed by atoms with E-state index >= 15 is 0 Å². The fourth-order valence-electron chi connectivity index (χ4n) is 1.85. The zero-order valence-corrected chi connectivity index (χ0v) is 14.5. The van der Waals surface area contributed by atoms with Crippen molar-refractivity contribution in [1.29, 1.82) is 0 Å². The molecule has 0 bridgehead atoms. The molecule has 0 radical (unpaired) electrons. The second-order valence-electron chi connectivity index (χ2n) is 4.52. The zero-order valence-electron chi connectivity index (χ0n) is 10.8. The van der Waals surface area contributed by atoms with E-state index in [1.807, 2.05) is 0 Å². The molecular weight excluding hydrogens is 382 g/mol. The monoisotopic (exact) mass is 398 g/mol. The summed E-state index contributed by atoms with van der Waals surface area (Å²) in [6, 6.07) is 16.7. The summed E-state index contributed by atoms with van der Waals surface area (Å²) in [7, 11) is 0. The average Bonchev–Trinajstić information content (AvgIpc) is 2.47. The zero-order chi connectivity index (χ0) is 14.6. The first kappa shape index (κ1) is 15.5. The molecule has 0 fully saturated rings. The average molecular weight is 398 g/mol. The summed E-state index contributed by atoms with van der Waals surface area (Å²) in [5.74, 6) is 0. The van der Waals surface area contributed by atoms with E-state index in [-0.39, 0.29) is 10.4 Å². The van der Waals surface area contributed by atoms with Crippen molar-refractivity contribution < 1.29 is 15.7 Å². The minimum atomic E-state index is -4.26. The van der Waals surface area contributed by atoms with Crippen molar-refractivity contribution in [2.24, 2.45) is 0 Å². The van der Waals surface area contributed by atoms with Gasteiger partial charge in [0.05, 0.1) is 0 Å². The quantitative estimate of drug-likeness (QED) is 0.721. The molecule has 2 aromatic carbocycles. The summed E-state index contributed by atoms with van der Waals surface area (Å²) in [6.45, 7) is 0. The fourth-order valence-corrected chi connectivity index (χ4v) is 12.7. The number of hydrogen-bond acceptors (Lipinski definition) is 2. The minimum absolute atomic E-state index is 0.121. The van der Waals surface area contributed by atoms with E-state index in [9.17, 15) is 15.7 Å². The Hall–Kier alpha value is -0.923. The normalized spacial score (nSPS) is 17.1. The molecule has 2 aromatic rings. The molecule has 106 valence electrons. The van der Waals surface area contributed by atoms with Crippen LogP contribution in [0.15, 0.2) is 60.7 Å². The summed E-state index contributed by atoms with van der Waals surface area (Å²) >= 11 is -8.52. The van der Waals surface area contributed by atoms with Gasteiger partial charge >= 0.3 is 123 Å². The topological polar surface area (TPSA) is 74.6 Å². The predicted octanol–water partition coefficient (Wildman–Crippen LogP) is 0.531. The van der Waals surface area contributed by atoms with Gasteiger partial charge in [-0.15, -0.1) is 0 Å². The molecule has 0 spiro atoms. The Morgan fingerprint density at radius 3 is 1.25 bits per heavy atom. The molecule has 20 heavy (non-hydrogen) atoms. The van der Waals surface area contributed by atoms with Crippen LogP contribution in [-0.2, 0) is 7.48 Å². The molecule has 0 saturated heterocycles. The van der Waals surface area contributed by atoms with E-state index in [1.165, 1.54) is 0 Å². The van der Waals surface area contributed by atoms with Crippen molar-refractivity contribution >= 4 is 36.4 Å². The van der Waals surface area contributed by atoms with Crippen LogP contribution in [0.3, 0.4) is 0 Å². The van der Waals surface area contributed by atoms with E-state index in [4.69, 9.17) is 0 Å². The second kappa shape index (κ2) is 6.24. The van der Waals surface area contributed by atoms with Gasteiger partial charge in [-0.25, -0.2) is 0 Å². The Morgan fingerprint density at radius 1 is 0.650 bits per heavy atom. The maximum atomic E-state index is 12.3. The predicted molar refractivity (Wildman–Crippen MR) is 79.1 cm³/mol. The molecule has 0 aliphatic rings. The van der Waals surface area contributed by atoms with Crippen LogP contribution < -0.4 is 8.70 Å². The maximum absolute atomic E-state index is 12.3. The Labute approximate surface area is 123 Å². The molecule has 2 rings (SSSR count). The summed E-state index contributed by atoms with van der Waals surface area (Å²) in [6.07, 6.45) is 0. The number of hydrogen-bond donors (Lipinski definition) is 2. The first-order chi connectivity index (χ1) is 9.42. The number of rotatable bonds is 5. The summed E-state index contributed by atoms with van der Waals surface area (Å²) in [5, 5.41) is -0.242. The van der Waals surface area contributed by atoms with E-state index < -0.39 is 27.7 Å². The van der Waals surface area contributed by atoms with E-state index in [2.05, 4.69) is 0 Å². The second-order valence-corrected chi connectivity index (χ2v) is 14.5. The molecule has 2 N–H and O–H groups in total. The third-order valence-corrected chi connectivity index (χ3v) is 12.8. The summed E-state index contributed by atoms with van der Waals surface area (Å²) < 4.78 is 45.5. The van der Waals surface area contributed by atoms with Gasteiger partial charge in [0.1, 0.15) is 0 Å².